The van der Waals surface area contributed by atoms with Crippen LogP contribution in [0.3, 0.4) is 0 Å². The molecular formula is C23H31N3O3. The summed E-state index contributed by atoms with van der Waals surface area (Å²) in [4.78, 5) is 17.3. The van der Waals surface area contributed by atoms with Crippen molar-refractivity contribution >= 4 is 11.6 Å². The van der Waals surface area contributed by atoms with Gasteiger partial charge in [0.2, 0.25) is 0 Å². The van der Waals surface area contributed by atoms with E-state index in [1.54, 1.807) is 32.4 Å². The van der Waals surface area contributed by atoms with Crippen molar-refractivity contribution in [2.75, 3.05) is 52.8 Å². The van der Waals surface area contributed by atoms with Gasteiger partial charge < -0.3 is 19.7 Å². The van der Waals surface area contributed by atoms with Crippen LogP contribution in [0.4, 0.5) is 5.69 Å². The molecule has 1 atom stereocenters. The predicted octanol–water partition coefficient (Wildman–Crippen LogP) is 3.34. The number of hydrogen-bond donors (Lipinski definition) is 1. The molecule has 6 nitrogen and oxygen atoms in total. The molecule has 1 saturated heterocycles. The molecule has 156 valence electrons. The zero-order chi connectivity index (χ0) is 20.8. The molecule has 0 unspecified atom stereocenters. The first-order valence-corrected chi connectivity index (χ1v) is 10.0. The average molecular weight is 398 g/mol. The highest BCUT2D eigenvalue weighted by Crippen LogP contribution is 2.28. The van der Waals surface area contributed by atoms with E-state index in [4.69, 9.17) is 9.47 Å². The zero-order valence-electron chi connectivity index (χ0n) is 17.8. The second-order valence-electron chi connectivity index (χ2n) is 7.52. The van der Waals surface area contributed by atoms with Gasteiger partial charge >= 0.3 is 0 Å². The number of carbonyl (C=O) groups excluding carboxylic acids is 1. The molecule has 1 amide bonds. The number of likely N-dealkylation sites (tertiary alicyclic amines) is 1. The highest BCUT2D eigenvalue weighted by molar-refractivity contribution is 5.94. The molecule has 0 bridgehead atoms. The van der Waals surface area contributed by atoms with Crippen molar-refractivity contribution in [3.8, 4) is 11.5 Å². The van der Waals surface area contributed by atoms with Crippen LogP contribution in [0, 0.1) is 0 Å². The highest BCUT2D eigenvalue weighted by Gasteiger charge is 2.24. The van der Waals surface area contributed by atoms with E-state index in [1.165, 1.54) is 24.1 Å². The van der Waals surface area contributed by atoms with Gasteiger partial charge in [-0.05, 0) is 61.8 Å². The maximum absolute atomic E-state index is 12.8. The summed E-state index contributed by atoms with van der Waals surface area (Å²) in [5, 5.41) is 3.11. The number of hydrogen-bond acceptors (Lipinski definition) is 5. The summed E-state index contributed by atoms with van der Waals surface area (Å²) in [6.07, 6.45) is 2.41. The Labute approximate surface area is 173 Å². The first-order valence-electron chi connectivity index (χ1n) is 10.0. The standard InChI is InChI=1S/C23H31N3O3/c1-25(2)19-10-7-17(8-11-19)20(26-13-5-6-14-26)16-24-23(27)18-9-12-21(28-3)22(15-18)29-4/h7-12,15,20H,5-6,13-14,16H2,1-4H3,(H,24,27)/t20-/m1/s1. The number of nitrogens with one attached hydrogen (secondary N) is 1. The predicted molar refractivity (Wildman–Crippen MR) is 116 cm³/mol. The van der Waals surface area contributed by atoms with Crippen molar-refractivity contribution in [2.45, 2.75) is 18.9 Å². The summed E-state index contributed by atoms with van der Waals surface area (Å²) in [5.41, 5.74) is 2.96. The number of benzene rings is 2. The number of rotatable bonds is 8. The molecule has 0 radical (unpaired) electrons. The van der Waals surface area contributed by atoms with E-state index in [0.717, 1.165) is 13.1 Å². The topological polar surface area (TPSA) is 54.0 Å². The van der Waals surface area contributed by atoms with Crippen LogP contribution in [0.15, 0.2) is 42.5 Å². The van der Waals surface area contributed by atoms with Gasteiger partial charge in [-0.3, -0.25) is 9.69 Å². The first kappa shape index (κ1) is 21.0. The smallest absolute Gasteiger partial charge is 0.251 e. The van der Waals surface area contributed by atoms with E-state index in [9.17, 15) is 4.79 Å². The summed E-state index contributed by atoms with van der Waals surface area (Å²) in [6.45, 7) is 2.69. The minimum absolute atomic E-state index is 0.111. The fraction of sp³-hybridized carbons (Fsp3) is 0.435. The molecule has 0 aromatic heterocycles. The summed E-state index contributed by atoms with van der Waals surface area (Å²) in [5.74, 6) is 1.05. The summed E-state index contributed by atoms with van der Waals surface area (Å²) < 4.78 is 10.6. The first-order chi connectivity index (χ1) is 14.0. The van der Waals surface area contributed by atoms with Crippen LogP contribution in [0.2, 0.25) is 0 Å². The van der Waals surface area contributed by atoms with E-state index in [2.05, 4.69) is 39.4 Å². The van der Waals surface area contributed by atoms with E-state index in [1.807, 2.05) is 14.1 Å². The largest absolute Gasteiger partial charge is 0.493 e. The van der Waals surface area contributed by atoms with Gasteiger partial charge in [0.15, 0.2) is 11.5 Å². The Morgan fingerprint density at radius 2 is 1.69 bits per heavy atom. The van der Waals surface area contributed by atoms with Crippen molar-refractivity contribution < 1.29 is 14.3 Å². The third kappa shape index (κ3) is 5.01. The Balaban J connectivity index is 1.73. The lowest BCUT2D eigenvalue weighted by atomic mass is 10.0. The van der Waals surface area contributed by atoms with Crippen LogP contribution >= 0.6 is 0 Å². The fourth-order valence-electron chi connectivity index (χ4n) is 3.77. The third-order valence-corrected chi connectivity index (χ3v) is 5.48. The number of methoxy groups -OCH3 is 2. The van der Waals surface area contributed by atoms with Gasteiger partial charge in [-0.25, -0.2) is 0 Å². The number of amides is 1. The number of nitrogens with zero attached hydrogens (tertiary/aromatic N) is 2. The summed E-state index contributed by atoms with van der Waals surface area (Å²) in [6, 6.07) is 14.0. The number of anilines is 1. The van der Waals surface area contributed by atoms with Gasteiger partial charge in [-0.15, -0.1) is 0 Å². The Morgan fingerprint density at radius 3 is 2.28 bits per heavy atom. The van der Waals surface area contributed by atoms with E-state index in [-0.39, 0.29) is 11.9 Å². The molecule has 1 aliphatic heterocycles. The molecule has 1 aliphatic rings. The van der Waals surface area contributed by atoms with Crippen LogP contribution in [-0.4, -0.2) is 58.8 Å². The lowest BCUT2D eigenvalue weighted by molar-refractivity contribution is 0.0937. The normalized spacial score (nSPS) is 15.0. The van der Waals surface area contributed by atoms with Crippen molar-refractivity contribution in [3.05, 3.63) is 53.6 Å². The SMILES string of the molecule is COc1ccc(C(=O)NC[C@H](c2ccc(N(C)C)cc2)N2CCCC2)cc1OC. The van der Waals surface area contributed by atoms with E-state index < -0.39 is 0 Å². The number of ether oxygens (including phenoxy) is 2. The molecule has 1 N–H and O–H groups in total. The maximum atomic E-state index is 12.8. The Bertz CT molecular complexity index is 815. The van der Waals surface area contributed by atoms with Gasteiger partial charge in [-0.1, -0.05) is 12.1 Å². The molecule has 2 aromatic carbocycles. The van der Waals surface area contributed by atoms with Gasteiger partial charge in [0.1, 0.15) is 0 Å². The fourth-order valence-corrected chi connectivity index (χ4v) is 3.77. The van der Waals surface area contributed by atoms with Crippen molar-refractivity contribution in [2.24, 2.45) is 0 Å². The van der Waals surface area contributed by atoms with E-state index >= 15 is 0 Å². The van der Waals surface area contributed by atoms with Crippen LogP contribution < -0.4 is 19.7 Å². The molecule has 3 rings (SSSR count). The van der Waals surface area contributed by atoms with E-state index in [0.29, 0.717) is 23.6 Å². The molecule has 1 fully saturated rings. The molecule has 6 heteroatoms. The van der Waals surface area contributed by atoms with Crippen LogP contribution in [0.5, 0.6) is 11.5 Å². The Hall–Kier alpha value is -2.73. The third-order valence-electron chi connectivity index (χ3n) is 5.48. The minimum atomic E-state index is -0.111. The van der Waals surface area contributed by atoms with Crippen LogP contribution in [0.1, 0.15) is 34.8 Å². The molecule has 0 saturated carbocycles. The maximum Gasteiger partial charge on any atom is 0.251 e. The second kappa shape index (κ2) is 9.65. The molecular weight excluding hydrogens is 366 g/mol. The van der Waals surface area contributed by atoms with Crippen LogP contribution in [0.25, 0.3) is 0 Å². The zero-order valence-corrected chi connectivity index (χ0v) is 17.8. The van der Waals surface area contributed by atoms with Crippen molar-refractivity contribution in [1.29, 1.82) is 0 Å². The van der Waals surface area contributed by atoms with Gasteiger partial charge in [0.25, 0.3) is 5.91 Å². The van der Waals surface area contributed by atoms with Gasteiger partial charge in [-0.2, -0.15) is 0 Å². The Morgan fingerprint density at radius 1 is 1.03 bits per heavy atom. The summed E-state index contributed by atoms with van der Waals surface area (Å²) in [7, 11) is 7.23. The molecule has 0 aliphatic carbocycles. The average Bonchev–Trinajstić information content (AvgIpc) is 3.28. The monoisotopic (exact) mass is 397 g/mol. The summed E-state index contributed by atoms with van der Waals surface area (Å²) >= 11 is 0. The molecule has 1 heterocycles. The lowest BCUT2D eigenvalue weighted by Crippen LogP contribution is -2.36. The molecule has 0 spiro atoms. The second-order valence-corrected chi connectivity index (χ2v) is 7.52. The lowest BCUT2D eigenvalue weighted by Gasteiger charge is -2.28. The van der Waals surface area contributed by atoms with Crippen molar-refractivity contribution in [1.82, 2.24) is 10.2 Å². The minimum Gasteiger partial charge on any atom is -0.493 e. The van der Waals surface area contributed by atoms with Crippen LogP contribution in [-0.2, 0) is 0 Å². The van der Waals surface area contributed by atoms with Gasteiger partial charge in [0, 0.05) is 31.9 Å². The van der Waals surface area contributed by atoms with Crippen molar-refractivity contribution in [3.63, 3.8) is 0 Å². The molecule has 29 heavy (non-hydrogen) atoms. The number of carbonyl (C=O) groups is 1. The highest BCUT2D eigenvalue weighted by atomic mass is 16.5. The quantitative estimate of drug-likeness (QED) is 0.740. The van der Waals surface area contributed by atoms with Gasteiger partial charge in [0.05, 0.1) is 20.3 Å². The Kier molecular flexibility index (Phi) is 6.99. The molecule has 2 aromatic rings.